The molecule has 1 fully saturated rings. The fourth-order valence-electron chi connectivity index (χ4n) is 2.74. The fraction of sp³-hybridized carbons (Fsp3) is 0.625. The summed E-state index contributed by atoms with van der Waals surface area (Å²) < 4.78 is 27.3. The first-order valence-electron chi connectivity index (χ1n) is 7.42. The summed E-state index contributed by atoms with van der Waals surface area (Å²) in [5.41, 5.74) is 2.13. The third-order valence-corrected chi connectivity index (χ3v) is 6.58. The monoisotopic (exact) mass is 329 g/mol. The molecule has 0 amide bonds. The minimum atomic E-state index is -3.41. The highest BCUT2D eigenvalue weighted by Gasteiger charge is 2.30. The van der Waals surface area contributed by atoms with Gasteiger partial charge >= 0.3 is 0 Å². The molecule has 1 aliphatic rings. The van der Waals surface area contributed by atoms with Crippen LogP contribution in [0.25, 0.3) is 0 Å². The van der Waals surface area contributed by atoms with Gasteiger partial charge in [-0.2, -0.15) is 4.31 Å². The predicted octanol–water partition coefficient (Wildman–Crippen LogP) is 3.93. The molecule has 0 spiro atoms. The van der Waals surface area contributed by atoms with Gasteiger partial charge in [-0.1, -0.05) is 19.9 Å². The minimum absolute atomic E-state index is 0.221. The van der Waals surface area contributed by atoms with E-state index in [1.807, 2.05) is 13.0 Å². The first-order valence-corrected chi connectivity index (χ1v) is 9.39. The summed E-state index contributed by atoms with van der Waals surface area (Å²) in [7, 11) is -3.41. The van der Waals surface area contributed by atoms with Crippen molar-refractivity contribution in [3.05, 3.63) is 29.3 Å². The molecule has 0 atom stereocenters. The SMILES string of the molecule is Cc1ccc(S(=O)(=O)N2CCCC(C)(C)CC2)cc1CCl. The average Bonchev–Trinajstić information content (AvgIpc) is 2.60. The Bertz CT molecular complexity index is 611. The number of hydrogen-bond donors (Lipinski definition) is 0. The molecule has 21 heavy (non-hydrogen) atoms. The maximum absolute atomic E-state index is 12.8. The third kappa shape index (κ3) is 3.79. The number of hydrogen-bond acceptors (Lipinski definition) is 2. The van der Waals surface area contributed by atoms with Gasteiger partial charge in [0.25, 0.3) is 0 Å². The van der Waals surface area contributed by atoms with Crippen LogP contribution in [0.5, 0.6) is 0 Å². The van der Waals surface area contributed by atoms with Gasteiger partial charge in [0, 0.05) is 19.0 Å². The summed E-state index contributed by atoms with van der Waals surface area (Å²) in [6.45, 7) is 7.57. The van der Waals surface area contributed by atoms with E-state index in [0.29, 0.717) is 23.9 Å². The molecule has 0 unspecified atom stereocenters. The number of nitrogens with zero attached hydrogens (tertiary/aromatic N) is 1. The van der Waals surface area contributed by atoms with Gasteiger partial charge in [-0.25, -0.2) is 8.42 Å². The highest BCUT2D eigenvalue weighted by atomic mass is 35.5. The van der Waals surface area contributed by atoms with Crippen LogP contribution in [0.3, 0.4) is 0 Å². The van der Waals surface area contributed by atoms with Crippen LogP contribution in [-0.2, 0) is 15.9 Å². The van der Waals surface area contributed by atoms with Crippen molar-refractivity contribution < 1.29 is 8.42 Å². The van der Waals surface area contributed by atoms with Gasteiger partial charge < -0.3 is 0 Å². The van der Waals surface area contributed by atoms with Gasteiger partial charge in [-0.3, -0.25) is 0 Å². The van der Waals surface area contributed by atoms with Crippen molar-refractivity contribution in [2.75, 3.05) is 13.1 Å². The molecule has 0 saturated carbocycles. The normalized spacial score (nSPS) is 20.2. The lowest BCUT2D eigenvalue weighted by atomic mass is 9.85. The molecule has 5 heteroatoms. The van der Waals surface area contributed by atoms with Gasteiger partial charge in [-0.15, -0.1) is 11.6 Å². The smallest absolute Gasteiger partial charge is 0.207 e. The number of benzene rings is 1. The zero-order valence-corrected chi connectivity index (χ0v) is 14.6. The Hall–Kier alpha value is -0.580. The van der Waals surface area contributed by atoms with Crippen molar-refractivity contribution in [1.29, 1.82) is 0 Å². The number of sulfonamides is 1. The predicted molar refractivity (Wildman–Crippen MR) is 87.1 cm³/mol. The summed E-state index contributed by atoms with van der Waals surface area (Å²) in [5, 5.41) is 0. The lowest BCUT2D eigenvalue weighted by molar-refractivity contribution is 0.315. The molecule has 1 aromatic rings. The molecule has 118 valence electrons. The molecule has 0 radical (unpaired) electrons. The lowest BCUT2D eigenvalue weighted by Gasteiger charge is -2.23. The van der Waals surface area contributed by atoms with E-state index in [-0.39, 0.29) is 5.41 Å². The van der Waals surface area contributed by atoms with Gasteiger partial charge in [0.2, 0.25) is 10.0 Å². The van der Waals surface area contributed by atoms with Crippen molar-refractivity contribution in [3.63, 3.8) is 0 Å². The average molecular weight is 330 g/mol. The topological polar surface area (TPSA) is 37.4 Å². The van der Waals surface area contributed by atoms with Crippen LogP contribution >= 0.6 is 11.6 Å². The Morgan fingerprint density at radius 1 is 1.24 bits per heavy atom. The third-order valence-electron chi connectivity index (χ3n) is 4.40. The van der Waals surface area contributed by atoms with E-state index >= 15 is 0 Å². The molecule has 0 bridgehead atoms. The summed E-state index contributed by atoms with van der Waals surface area (Å²) in [6.07, 6.45) is 2.89. The summed E-state index contributed by atoms with van der Waals surface area (Å²) in [6, 6.07) is 5.25. The summed E-state index contributed by atoms with van der Waals surface area (Å²) >= 11 is 5.90. The maximum atomic E-state index is 12.8. The van der Waals surface area contributed by atoms with Gasteiger partial charge in [0.15, 0.2) is 0 Å². The summed E-state index contributed by atoms with van der Waals surface area (Å²) in [5.74, 6) is 0.336. The van der Waals surface area contributed by atoms with E-state index < -0.39 is 10.0 Å². The number of halogens is 1. The molecule has 0 N–H and O–H groups in total. The standard InChI is InChI=1S/C16H24ClNO2S/c1-13-5-6-15(11-14(13)12-17)21(19,20)18-9-4-7-16(2,3)8-10-18/h5-6,11H,4,7-10,12H2,1-3H3. The zero-order valence-electron chi connectivity index (χ0n) is 13.0. The van der Waals surface area contributed by atoms with Crippen LogP contribution in [0, 0.1) is 12.3 Å². The van der Waals surface area contributed by atoms with Gasteiger partial charge in [0.1, 0.15) is 0 Å². The molecule has 3 nitrogen and oxygen atoms in total. The van der Waals surface area contributed by atoms with Crippen LogP contribution in [0.1, 0.15) is 44.2 Å². The molecule has 0 aromatic heterocycles. The molecule has 1 aliphatic heterocycles. The second kappa shape index (κ2) is 6.27. The van der Waals surface area contributed by atoms with Crippen LogP contribution in [0.4, 0.5) is 0 Å². The van der Waals surface area contributed by atoms with Crippen LogP contribution in [-0.4, -0.2) is 25.8 Å². The molecular formula is C16H24ClNO2S. The molecule has 0 aliphatic carbocycles. The van der Waals surface area contributed by atoms with E-state index in [2.05, 4.69) is 13.8 Å². The van der Waals surface area contributed by atoms with Crippen LogP contribution in [0.15, 0.2) is 23.1 Å². The number of alkyl halides is 1. The Morgan fingerprint density at radius 2 is 1.95 bits per heavy atom. The van der Waals surface area contributed by atoms with Crippen LogP contribution < -0.4 is 0 Å². The second-order valence-electron chi connectivity index (χ2n) is 6.64. The highest BCUT2D eigenvalue weighted by Crippen LogP contribution is 2.32. The quantitative estimate of drug-likeness (QED) is 0.788. The molecular weight excluding hydrogens is 306 g/mol. The van der Waals surface area contributed by atoms with E-state index in [1.54, 1.807) is 16.4 Å². The number of aryl methyl sites for hydroxylation is 1. The van der Waals surface area contributed by atoms with E-state index in [0.717, 1.165) is 30.4 Å². The van der Waals surface area contributed by atoms with Gasteiger partial charge in [0.05, 0.1) is 4.90 Å². The first kappa shape index (κ1) is 16.8. The van der Waals surface area contributed by atoms with Crippen molar-refractivity contribution >= 4 is 21.6 Å². The fourth-order valence-corrected chi connectivity index (χ4v) is 4.56. The Labute approximate surface area is 133 Å². The van der Waals surface area contributed by atoms with Crippen LogP contribution in [0.2, 0.25) is 0 Å². The molecule has 1 heterocycles. The Kier molecular flexibility index (Phi) is 5.01. The van der Waals surface area contributed by atoms with E-state index in [1.165, 1.54) is 0 Å². The lowest BCUT2D eigenvalue weighted by Crippen LogP contribution is -2.32. The second-order valence-corrected chi connectivity index (χ2v) is 8.85. The zero-order chi connectivity index (χ0) is 15.7. The molecule has 1 aromatic carbocycles. The largest absolute Gasteiger partial charge is 0.243 e. The minimum Gasteiger partial charge on any atom is -0.207 e. The Balaban J connectivity index is 2.29. The molecule has 1 saturated heterocycles. The van der Waals surface area contributed by atoms with Crippen molar-refractivity contribution in [2.45, 2.75) is 50.8 Å². The number of rotatable bonds is 3. The summed E-state index contributed by atoms with van der Waals surface area (Å²) in [4.78, 5) is 0.364. The maximum Gasteiger partial charge on any atom is 0.243 e. The molecule has 2 rings (SSSR count). The van der Waals surface area contributed by atoms with Crippen molar-refractivity contribution in [1.82, 2.24) is 4.31 Å². The Morgan fingerprint density at radius 3 is 2.62 bits per heavy atom. The first-order chi connectivity index (χ1) is 9.76. The van der Waals surface area contributed by atoms with Gasteiger partial charge in [-0.05, 0) is 54.9 Å². The van der Waals surface area contributed by atoms with Crippen molar-refractivity contribution in [2.24, 2.45) is 5.41 Å². The van der Waals surface area contributed by atoms with E-state index in [9.17, 15) is 8.42 Å². The van der Waals surface area contributed by atoms with Crippen molar-refractivity contribution in [3.8, 4) is 0 Å². The van der Waals surface area contributed by atoms with E-state index in [4.69, 9.17) is 11.6 Å². The highest BCUT2D eigenvalue weighted by molar-refractivity contribution is 7.89.